The van der Waals surface area contributed by atoms with Crippen LogP contribution in [0.2, 0.25) is 0 Å². The Morgan fingerprint density at radius 3 is 2.45 bits per heavy atom. The highest BCUT2D eigenvalue weighted by atomic mass is 19.1. The highest BCUT2D eigenvalue weighted by molar-refractivity contribution is 5.47. The lowest BCUT2D eigenvalue weighted by Gasteiger charge is -1.99. The standard InChI is InChI=1S/C8H10FNO/c1-3-7(5-10-6-11)8(9)4-2/h3-4,6H,1-2,5H2,(H,10,11)/b8-7-. The van der Waals surface area contributed by atoms with Gasteiger partial charge < -0.3 is 5.32 Å². The van der Waals surface area contributed by atoms with Gasteiger partial charge in [0.2, 0.25) is 6.41 Å². The van der Waals surface area contributed by atoms with Crippen LogP contribution in [-0.4, -0.2) is 13.0 Å². The number of nitrogens with one attached hydrogen (secondary N) is 1. The Bertz CT molecular complexity index is 196. The van der Waals surface area contributed by atoms with E-state index in [0.717, 1.165) is 6.08 Å². The van der Waals surface area contributed by atoms with Crippen molar-refractivity contribution < 1.29 is 9.18 Å². The van der Waals surface area contributed by atoms with Crippen LogP contribution in [0.1, 0.15) is 0 Å². The monoisotopic (exact) mass is 155 g/mol. The molecule has 0 aliphatic carbocycles. The first-order chi connectivity index (χ1) is 5.26. The molecule has 0 bridgehead atoms. The number of amides is 1. The summed E-state index contributed by atoms with van der Waals surface area (Å²) in [6.07, 6.45) is 2.91. The molecule has 0 saturated heterocycles. The van der Waals surface area contributed by atoms with E-state index in [-0.39, 0.29) is 6.54 Å². The summed E-state index contributed by atoms with van der Waals surface area (Å²) in [6.45, 7) is 6.77. The molecule has 0 heterocycles. The Morgan fingerprint density at radius 1 is 1.45 bits per heavy atom. The lowest BCUT2D eigenvalue weighted by atomic mass is 10.2. The van der Waals surface area contributed by atoms with Crippen molar-refractivity contribution >= 4 is 6.41 Å². The molecule has 0 atom stereocenters. The molecule has 0 fully saturated rings. The van der Waals surface area contributed by atoms with Crippen LogP contribution in [0.4, 0.5) is 4.39 Å². The Labute approximate surface area is 65.1 Å². The molecule has 2 nitrogen and oxygen atoms in total. The van der Waals surface area contributed by atoms with Crippen LogP contribution in [0.3, 0.4) is 0 Å². The molecule has 0 radical (unpaired) electrons. The molecule has 0 unspecified atom stereocenters. The van der Waals surface area contributed by atoms with Gasteiger partial charge in [0.25, 0.3) is 0 Å². The Hall–Kier alpha value is -1.38. The van der Waals surface area contributed by atoms with Gasteiger partial charge in [-0.25, -0.2) is 4.39 Å². The zero-order valence-corrected chi connectivity index (χ0v) is 6.14. The van der Waals surface area contributed by atoms with Crippen molar-refractivity contribution in [1.82, 2.24) is 5.32 Å². The third-order valence-electron chi connectivity index (χ3n) is 1.11. The summed E-state index contributed by atoms with van der Waals surface area (Å²) < 4.78 is 12.7. The highest BCUT2D eigenvalue weighted by Gasteiger charge is 1.96. The van der Waals surface area contributed by atoms with Gasteiger partial charge in [0.15, 0.2) is 0 Å². The van der Waals surface area contributed by atoms with Gasteiger partial charge in [-0.3, -0.25) is 4.79 Å². The maximum atomic E-state index is 12.7. The molecule has 60 valence electrons. The molecular weight excluding hydrogens is 145 g/mol. The quantitative estimate of drug-likeness (QED) is 0.471. The Morgan fingerprint density at radius 2 is 2.09 bits per heavy atom. The molecule has 0 spiro atoms. The summed E-state index contributed by atoms with van der Waals surface area (Å²) >= 11 is 0. The summed E-state index contributed by atoms with van der Waals surface area (Å²) in [7, 11) is 0. The van der Waals surface area contributed by atoms with E-state index >= 15 is 0 Å². The van der Waals surface area contributed by atoms with Crippen molar-refractivity contribution in [2.24, 2.45) is 0 Å². The molecule has 3 heteroatoms. The number of carbonyl (C=O) groups excluding carboxylic acids is 1. The van der Waals surface area contributed by atoms with E-state index in [2.05, 4.69) is 18.5 Å². The Balaban J connectivity index is 4.25. The third-order valence-corrected chi connectivity index (χ3v) is 1.11. The van der Waals surface area contributed by atoms with Crippen LogP contribution < -0.4 is 5.32 Å². The van der Waals surface area contributed by atoms with Gasteiger partial charge in [0, 0.05) is 12.1 Å². The van der Waals surface area contributed by atoms with Crippen LogP contribution in [0.15, 0.2) is 36.7 Å². The van der Waals surface area contributed by atoms with E-state index in [1.54, 1.807) is 0 Å². The van der Waals surface area contributed by atoms with E-state index in [1.165, 1.54) is 6.08 Å². The minimum absolute atomic E-state index is 0.144. The minimum atomic E-state index is -0.464. The topological polar surface area (TPSA) is 29.1 Å². The summed E-state index contributed by atoms with van der Waals surface area (Å²) in [5, 5.41) is 2.32. The zero-order chi connectivity index (χ0) is 8.69. The Kier molecular flexibility index (Phi) is 4.73. The maximum Gasteiger partial charge on any atom is 0.207 e. The van der Waals surface area contributed by atoms with Crippen LogP contribution in [0, 0.1) is 0 Å². The molecular formula is C8H10FNO. The predicted molar refractivity (Wildman–Crippen MR) is 42.6 cm³/mol. The van der Waals surface area contributed by atoms with E-state index < -0.39 is 5.83 Å². The number of carbonyl (C=O) groups is 1. The second-order valence-corrected chi connectivity index (χ2v) is 1.78. The van der Waals surface area contributed by atoms with Crippen LogP contribution in [0.25, 0.3) is 0 Å². The van der Waals surface area contributed by atoms with Crippen molar-refractivity contribution in [2.45, 2.75) is 0 Å². The number of hydrogen-bond acceptors (Lipinski definition) is 1. The number of hydrogen-bond donors (Lipinski definition) is 1. The van der Waals surface area contributed by atoms with E-state index in [4.69, 9.17) is 0 Å². The molecule has 0 aromatic rings. The first-order valence-corrected chi connectivity index (χ1v) is 3.06. The molecule has 1 amide bonds. The van der Waals surface area contributed by atoms with E-state index in [9.17, 15) is 9.18 Å². The first kappa shape index (κ1) is 9.62. The van der Waals surface area contributed by atoms with Gasteiger partial charge in [0.1, 0.15) is 5.83 Å². The van der Waals surface area contributed by atoms with Crippen LogP contribution in [0.5, 0.6) is 0 Å². The summed E-state index contributed by atoms with van der Waals surface area (Å²) in [6, 6.07) is 0. The van der Waals surface area contributed by atoms with Gasteiger partial charge in [-0.05, 0) is 6.08 Å². The highest BCUT2D eigenvalue weighted by Crippen LogP contribution is 2.06. The number of allylic oxidation sites excluding steroid dienone is 2. The van der Waals surface area contributed by atoms with Crippen molar-refractivity contribution in [1.29, 1.82) is 0 Å². The van der Waals surface area contributed by atoms with Crippen molar-refractivity contribution in [3.8, 4) is 0 Å². The first-order valence-electron chi connectivity index (χ1n) is 3.06. The van der Waals surface area contributed by atoms with Gasteiger partial charge in [-0.15, -0.1) is 0 Å². The number of halogens is 1. The maximum absolute atomic E-state index is 12.7. The molecule has 0 aromatic heterocycles. The summed E-state index contributed by atoms with van der Waals surface area (Å²) in [5.74, 6) is -0.464. The molecule has 0 aromatic carbocycles. The fraction of sp³-hybridized carbons (Fsp3) is 0.125. The SMILES string of the molecule is C=C/C(F)=C(\C=C)CNC=O. The second-order valence-electron chi connectivity index (χ2n) is 1.78. The van der Waals surface area contributed by atoms with Gasteiger partial charge in [-0.2, -0.15) is 0 Å². The van der Waals surface area contributed by atoms with Crippen molar-refractivity contribution in [3.05, 3.63) is 36.7 Å². The fourth-order valence-corrected chi connectivity index (χ4v) is 0.537. The average molecular weight is 155 g/mol. The average Bonchev–Trinajstić information content (AvgIpc) is 2.05. The molecule has 0 aliphatic heterocycles. The predicted octanol–water partition coefficient (Wildman–Crippen LogP) is 1.33. The van der Waals surface area contributed by atoms with E-state index in [1.807, 2.05) is 0 Å². The van der Waals surface area contributed by atoms with E-state index in [0.29, 0.717) is 12.0 Å². The smallest absolute Gasteiger partial charge is 0.207 e. The number of rotatable bonds is 5. The van der Waals surface area contributed by atoms with Gasteiger partial charge >= 0.3 is 0 Å². The summed E-state index contributed by atoms with van der Waals surface area (Å²) in [4.78, 5) is 9.82. The lowest BCUT2D eigenvalue weighted by Crippen LogP contribution is -2.13. The fourth-order valence-electron chi connectivity index (χ4n) is 0.537. The molecule has 0 aliphatic rings. The largest absolute Gasteiger partial charge is 0.354 e. The van der Waals surface area contributed by atoms with Crippen LogP contribution in [-0.2, 0) is 4.79 Å². The minimum Gasteiger partial charge on any atom is -0.354 e. The summed E-state index contributed by atoms with van der Waals surface area (Å²) in [5.41, 5.74) is 0.326. The molecule has 0 rings (SSSR count). The van der Waals surface area contributed by atoms with Crippen LogP contribution >= 0.6 is 0 Å². The zero-order valence-electron chi connectivity index (χ0n) is 6.14. The molecule has 1 N–H and O–H groups in total. The van der Waals surface area contributed by atoms with Gasteiger partial charge in [-0.1, -0.05) is 19.2 Å². The lowest BCUT2D eigenvalue weighted by molar-refractivity contribution is -0.109. The van der Waals surface area contributed by atoms with Gasteiger partial charge in [0.05, 0.1) is 0 Å². The molecule has 0 saturated carbocycles. The second kappa shape index (κ2) is 5.41. The third kappa shape index (κ3) is 3.35. The van der Waals surface area contributed by atoms with Crippen molar-refractivity contribution in [2.75, 3.05) is 6.54 Å². The molecule has 11 heavy (non-hydrogen) atoms. The van der Waals surface area contributed by atoms with Crippen molar-refractivity contribution in [3.63, 3.8) is 0 Å². The normalized spacial score (nSPS) is 11.4.